The second kappa shape index (κ2) is 9.21. The van der Waals surface area contributed by atoms with Crippen LogP contribution < -0.4 is 10.1 Å². The normalized spacial score (nSPS) is 14.8. The van der Waals surface area contributed by atoms with E-state index in [0.717, 1.165) is 37.0 Å². The zero-order chi connectivity index (χ0) is 20.0. The highest BCUT2D eigenvalue weighted by molar-refractivity contribution is 7.89. The van der Waals surface area contributed by atoms with Gasteiger partial charge in [-0.25, -0.2) is 8.42 Å². The number of amides is 1. The summed E-state index contributed by atoms with van der Waals surface area (Å²) in [6, 6.07) is 14.1. The lowest BCUT2D eigenvalue weighted by atomic mass is 10.1. The second-order valence-electron chi connectivity index (χ2n) is 6.85. The summed E-state index contributed by atoms with van der Waals surface area (Å²) in [6.45, 7) is 1.60. The maximum Gasteiger partial charge on any atom is 0.251 e. The molecule has 1 aliphatic rings. The van der Waals surface area contributed by atoms with Crippen LogP contribution in [0, 0.1) is 0 Å². The molecule has 0 radical (unpaired) electrons. The molecule has 7 heteroatoms. The zero-order valence-corrected chi connectivity index (χ0v) is 16.9. The molecule has 1 heterocycles. The number of aryl methyl sites for hydroxylation is 1. The third kappa shape index (κ3) is 4.91. The van der Waals surface area contributed by atoms with Crippen LogP contribution in [-0.4, -0.2) is 45.4 Å². The van der Waals surface area contributed by atoms with Crippen LogP contribution >= 0.6 is 0 Å². The smallest absolute Gasteiger partial charge is 0.251 e. The number of sulfonamides is 1. The number of carbonyl (C=O) groups excluding carboxylic acids is 1. The Labute approximate surface area is 166 Å². The van der Waals surface area contributed by atoms with Crippen molar-refractivity contribution in [3.8, 4) is 5.75 Å². The average molecular weight is 403 g/mol. The quantitative estimate of drug-likeness (QED) is 0.689. The van der Waals surface area contributed by atoms with E-state index in [1.54, 1.807) is 25.3 Å². The molecule has 1 fully saturated rings. The third-order valence-corrected chi connectivity index (χ3v) is 6.76. The summed E-state index contributed by atoms with van der Waals surface area (Å²) in [7, 11) is -1.88. The number of benzene rings is 2. The summed E-state index contributed by atoms with van der Waals surface area (Å²) < 4.78 is 32.0. The van der Waals surface area contributed by atoms with Gasteiger partial charge in [0.15, 0.2) is 0 Å². The maximum absolute atomic E-state index is 12.7. The molecular formula is C21H26N2O4S. The van der Waals surface area contributed by atoms with E-state index < -0.39 is 10.0 Å². The van der Waals surface area contributed by atoms with Crippen molar-refractivity contribution in [2.45, 2.75) is 30.6 Å². The van der Waals surface area contributed by atoms with Gasteiger partial charge in [-0.3, -0.25) is 4.79 Å². The van der Waals surface area contributed by atoms with Gasteiger partial charge in [0.25, 0.3) is 5.91 Å². The highest BCUT2D eigenvalue weighted by Gasteiger charge is 2.27. The lowest BCUT2D eigenvalue weighted by Gasteiger charge is -2.16. The van der Waals surface area contributed by atoms with E-state index in [1.165, 1.54) is 10.4 Å². The van der Waals surface area contributed by atoms with Crippen LogP contribution in [0.25, 0.3) is 0 Å². The van der Waals surface area contributed by atoms with Crippen LogP contribution in [0.3, 0.4) is 0 Å². The molecule has 1 amide bonds. The minimum absolute atomic E-state index is 0.179. The Hall–Kier alpha value is -2.38. The summed E-state index contributed by atoms with van der Waals surface area (Å²) in [5.41, 5.74) is 1.51. The number of nitrogens with one attached hydrogen (secondary N) is 1. The Kier molecular flexibility index (Phi) is 6.70. The van der Waals surface area contributed by atoms with E-state index >= 15 is 0 Å². The lowest BCUT2D eigenvalue weighted by molar-refractivity contribution is 0.0953. The number of methoxy groups -OCH3 is 1. The van der Waals surface area contributed by atoms with E-state index in [9.17, 15) is 13.2 Å². The minimum Gasteiger partial charge on any atom is -0.497 e. The fourth-order valence-corrected chi connectivity index (χ4v) is 4.86. The fourth-order valence-electron chi connectivity index (χ4n) is 3.30. The van der Waals surface area contributed by atoms with Crippen molar-refractivity contribution in [1.29, 1.82) is 0 Å². The molecule has 28 heavy (non-hydrogen) atoms. The van der Waals surface area contributed by atoms with Gasteiger partial charge in [-0.15, -0.1) is 0 Å². The summed E-state index contributed by atoms with van der Waals surface area (Å²) in [5, 5.41) is 2.87. The second-order valence-corrected chi connectivity index (χ2v) is 8.79. The molecule has 1 N–H and O–H groups in total. The molecule has 1 saturated heterocycles. The van der Waals surface area contributed by atoms with Gasteiger partial charge in [0.1, 0.15) is 5.75 Å². The van der Waals surface area contributed by atoms with Crippen molar-refractivity contribution in [2.75, 3.05) is 26.7 Å². The van der Waals surface area contributed by atoms with Crippen molar-refractivity contribution >= 4 is 15.9 Å². The highest BCUT2D eigenvalue weighted by Crippen LogP contribution is 2.21. The molecular weight excluding hydrogens is 376 g/mol. The largest absolute Gasteiger partial charge is 0.497 e. The number of nitrogens with zero attached hydrogens (tertiary/aromatic N) is 1. The number of hydrogen-bond acceptors (Lipinski definition) is 4. The first-order valence-electron chi connectivity index (χ1n) is 9.52. The van der Waals surface area contributed by atoms with Crippen LogP contribution in [0.2, 0.25) is 0 Å². The number of hydrogen-bond donors (Lipinski definition) is 1. The molecule has 2 aromatic carbocycles. The molecule has 1 aliphatic heterocycles. The highest BCUT2D eigenvalue weighted by atomic mass is 32.2. The standard InChI is InChI=1S/C21H26N2O4S/c1-27-19-10-4-7-17(15-19)8-6-12-22-21(24)18-9-5-11-20(16-18)28(25,26)23-13-2-3-14-23/h4-5,7,9-11,15-16H,2-3,6,8,12-14H2,1H3,(H,22,24). The average Bonchev–Trinajstić information content (AvgIpc) is 3.27. The van der Waals surface area contributed by atoms with E-state index in [2.05, 4.69) is 5.32 Å². The summed E-state index contributed by atoms with van der Waals surface area (Å²) >= 11 is 0. The molecule has 0 bridgehead atoms. The van der Waals surface area contributed by atoms with Crippen LogP contribution in [-0.2, 0) is 16.4 Å². The third-order valence-electron chi connectivity index (χ3n) is 4.86. The molecule has 0 unspecified atom stereocenters. The Morgan fingerprint density at radius 1 is 1.11 bits per heavy atom. The first kappa shape index (κ1) is 20.4. The minimum atomic E-state index is -3.52. The molecule has 0 atom stereocenters. The maximum atomic E-state index is 12.7. The summed E-state index contributed by atoms with van der Waals surface area (Å²) in [4.78, 5) is 12.6. The SMILES string of the molecule is COc1cccc(CCCNC(=O)c2cccc(S(=O)(=O)N3CCCC3)c2)c1. The van der Waals surface area contributed by atoms with Gasteiger partial charge < -0.3 is 10.1 Å². The van der Waals surface area contributed by atoms with Gasteiger partial charge in [-0.2, -0.15) is 4.31 Å². The van der Waals surface area contributed by atoms with Crippen molar-refractivity contribution in [2.24, 2.45) is 0 Å². The first-order chi connectivity index (χ1) is 13.5. The summed E-state index contributed by atoms with van der Waals surface area (Å²) in [6.07, 6.45) is 3.37. The zero-order valence-electron chi connectivity index (χ0n) is 16.1. The van der Waals surface area contributed by atoms with E-state index in [4.69, 9.17) is 4.74 Å². The van der Waals surface area contributed by atoms with E-state index in [0.29, 0.717) is 25.2 Å². The van der Waals surface area contributed by atoms with Crippen molar-refractivity contribution in [3.05, 3.63) is 59.7 Å². The monoisotopic (exact) mass is 402 g/mol. The number of rotatable bonds is 8. The first-order valence-corrected chi connectivity index (χ1v) is 11.0. The number of ether oxygens (including phenoxy) is 1. The Morgan fingerprint density at radius 2 is 1.86 bits per heavy atom. The lowest BCUT2D eigenvalue weighted by Crippen LogP contribution is -2.29. The van der Waals surface area contributed by atoms with Crippen molar-refractivity contribution < 1.29 is 17.9 Å². The van der Waals surface area contributed by atoms with E-state index in [1.807, 2.05) is 24.3 Å². The van der Waals surface area contributed by atoms with Crippen LogP contribution in [0.5, 0.6) is 5.75 Å². The van der Waals surface area contributed by atoms with Crippen LogP contribution in [0.4, 0.5) is 0 Å². The molecule has 0 aliphatic carbocycles. The molecule has 0 saturated carbocycles. The van der Waals surface area contributed by atoms with Gasteiger partial charge in [0.2, 0.25) is 10.0 Å². The Morgan fingerprint density at radius 3 is 2.61 bits per heavy atom. The molecule has 6 nitrogen and oxygen atoms in total. The van der Waals surface area contributed by atoms with Gasteiger partial charge in [-0.1, -0.05) is 18.2 Å². The Bertz CT molecular complexity index is 922. The van der Waals surface area contributed by atoms with Crippen LogP contribution in [0.1, 0.15) is 35.2 Å². The fraction of sp³-hybridized carbons (Fsp3) is 0.381. The van der Waals surface area contributed by atoms with Gasteiger partial charge in [0, 0.05) is 25.2 Å². The summed E-state index contributed by atoms with van der Waals surface area (Å²) in [5.74, 6) is 0.557. The predicted molar refractivity (Wildman–Crippen MR) is 108 cm³/mol. The Balaban J connectivity index is 1.56. The van der Waals surface area contributed by atoms with E-state index in [-0.39, 0.29) is 10.8 Å². The van der Waals surface area contributed by atoms with Gasteiger partial charge >= 0.3 is 0 Å². The van der Waals surface area contributed by atoms with Gasteiger partial charge in [-0.05, 0) is 61.6 Å². The topological polar surface area (TPSA) is 75.7 Å². The number of carbonyl (C=O) groups is 1. The van der Waals surface area contributed by atoms with Gasteiger partial charge in [0.05, 0.1) is 12.0 Å². The molecule has 0 aromatic heterocycles. The molecule has 0 spiro atoms. The molecule has 150 valence electrons. The molecule has 3 rings (SSSR count). The van der Waals surface area contributed by atoms with Crippen LogP contribution in [0.15, 0.2) is 53.4 Å². The van der Waals surface area contributed by atoms with Crippen molar-refractivity contribution in [1.82, 2.24) is 9.62 Å². The molecule has 2 aromatic rings. The predicted octanol–water partition coefficient (Wildman–Crippen LogP) is 2.84. The van der Waals surface area contributed by atoms with Crippen molar-refractivity contribution in [3.63, 3.8) is 0 Å².